The molecule has 1 aromatic carbocycles. The molecule has 0 saturated carbocycles. The maximum absolute atomic E-state index is 12.5. The SMILES string of the molecule is O=S(=O)(c1ccc(NCCOc2ccccc2)[nH+]c1)N1CCOCC1. The zero-order chi connectivity index (χ0) is 17.5. The summed E-state index contributed by atoms with van der Waals surface area (Å²) in [5.74, 6) is 1.55. The molecule has 0 radical (unpaired) electrons. The molecular formula is C17H22N3O4S+. The van der Waals surface area contributed by atoms with Crippen molar-refractivity contribution in [2.45, 2.75) is 4.90 Å². The highest BCUT2D eigenvalue weighted by molar-refractivity contribution is 7.89. The highest BCUT2D eigenvalue weighted by Crippen LogP contribution is 2.16. The number of aromatic amines is 1. The van der Waals surface area contributed by atoms with E-state index in [1.807, 2.05) is 30.3 Å². The van der Waals surface area contributed by atoms with E-state index >= 15 is 0 Å². The number of morpholine rings is 1. The molecular weight excluding hydrogens is 342 g/mol. The van der Waals surface area contributed by atoms with E-state index in [2.05, 4.69) is 10.3 Å². The van der Waals surface area contributed by atoms with Crippen molar-refractivity contribution in [3.63, 3.8) is 0 Å². The van der Waals surface area contributed by atoms with Crippen molar-refractivity contribution in [1.29, 1.82) is 0 Å². The second kappa shape index (κ2) is 8.28. The predicted octanol–water partition coefficient (Wildman–Crippen LogP) is 1.01. The maximum atomic E-state index is 12.5. The van der Waals surface area contributed by atoms with Gasteiger partial charge in [-0.2, -0.15) is 4.31 Å². The first-order valence-electron chi connectivity index (χ1n) is 8.17. The van der Waals surface area contributed by atoms with Gasteiger partial charge in [-0.1, -0.05) is 18.2 Å². The van der Waals surface area contributed by atoms with Crippen LogP contribution in [0.15, 0.2) is 53.6 Å². The molecule has 0 spiro atoms. The fraction of sp³-hybridized carbons (Fsp3) is 0.353. The van der Waals surface area contributed by atoms with Crippen molar-refractivity contribution in [1.82, 2.24) is 4.31 Å². The number of aromatic nitrogens is 1. The molecule has 0 unspecified atom stereocenters. The quantitative estimate of drug-likeness (QED) is 0.742. The van der Waals surface area contributed by atoms with Crippen LogP contribution in [0.25, 0.3) is 0 Å². The van der Waals surface area contributed by atoms with Gasteiger partial charge in [-0.3, -0.25) is 5.32 Å². The van der Waals surface area contributed by atoms with E-state index in [0.29, 0.717) is 39.5 Å². The van der Waals surface area contributed by atoms with E-state index in [1.54, 1.807) is 12.1 Å². The van der Waals surface area contributed by atoms with E-state index in [4.69, 9.17) is 9.47 Å². The highest BCUT2D eigenvalue weighted by Gasteiger charge is 2.27. The number of hydrogen-bond acceptors (Lipinski definition) is 5. The zero-order valence-electron chi connectivity index (χ0n) is 13.8. The van der Waals surface area contributed by atoms with Crippen molar-refractivity contribution in [3.8, 4) is 5.75 Å². The number of para-hydroxylation sites is 1. The minimum absolute atomic E-state index is 0.250. The molecule has 0 amide bonds. The number of nitrogens with zero attached hydrogens (tertiary/aromatic N) is 1. The lowest BCUT2D eigenvalue weighted by Gasteiger charge is -2.25. The predicted molar refractivity (Wildman–Crippen MR) is 93.0 cm³/mol. The Morgan fingerprint density at radius 3 is 2.56 bits per heavy atom. The number of sulfonamides is 1. The number of rotatable bonds is 7. The Bertz CT molecular complexity index is 760. The van der Waals surface area contributed by atoms with Gasteiger partial charge in [0.1, 0.15) is 30.0 Å². The van der Waals surface area contributed by atoms with Crippen LogP contribution in [-0.4, -0.2) is 52.2 Å². The Morgan fingerprint density at radius 2 is 1.88 bits per heavy atom. The summed E-state index contributed by atoms with van der Waals surface area (Å²) >= 11 is 0. The normalized spacial score (nSPS) is 15.7. The summed E-state index contributed by atoms with van der Waals surface area (Å²) in [6.07, 6.45) is 1.51. The number of nitrogens with one attached hydrogen (secondary N) is 2. The van der Waals surface area contributed by atoms with Gasteiger partial charge in [-0.05, 0) is 18.2 Å². The third-order valence-electron chi connectivity index (χ3n) is 3.82. The van der Waals surface area contributed by atoms with Crippen LogP contribution in [0.2, 0.25) is 0 Å². The van der Waals surface area contributed by atoms with Crippen LogP contribution in [0, 0.1) is 0 Å². The van der Waals surface area contributed by atoms with Crippen LogP contribution >= 0.6 is 0 Å². The van der Waals surface area contributed by atoms with E-state index in [1.165, 1.54) is 10.5 Å². The molecule has 134 valence electrons. The fourth-order valence-corrected chi connectivity index (χ4v) is 3.86. The first kappa shape index (κ1) is 17.7. The summed E-state index contributed by atoms with van der Waals surface area (Å²) in [7, 11) is -3.47. The Labute approximate surface area is 147 Å². The van der Waals surface area contributed by atoms with Gasteiger partial charge in [0.15, 0.2) is 0 Å². The van der Waals surface area contributed by atoms with Crippen LogP contribution in [0.4, 0.5) is 5.82 Å². The molecule has 1 fully saturated rings. The average Bonchev–Trinajstić information content (AvgIpc) is 2.67. The fourth-order valence-electron chi connectivity index (χ4n) is 2.49. The van der Waals surface area contributed by atoms with Crippen molar-refractivity contribution < 1.29 is 22.9 Å². The topological polar surface area (TPSA) is 82.0 Å². The second-order valence-electron chi connectivity index (χ2n) is 5.54. The van der Waals surface area contributed by atoms with Crippen LogP contribution in [0.5, 0.6) is 5.75 Å². The molecule has 3 rings (SSSR count). The van der Waals surface area contributed by atoms with Crippen LogP contribution in [0.3, 0.4) is 0 Å². The number of H-pyrrole nitrogens is 1. The third-order valence-corrected chi connectivity index (χ3v) is 5.72. The lowest BCUT2D eigenvalue weighted by molar-refractivity contribution is -0.364. The largest absolute Gasteiger partial charge is 0.490 e. The summed E-state index contributed by atoms with van der Waals surface area (Å²) in [6.45, 7) is 2.75. The average molecular weight is 364 g/mol. The Hall–Kier alpha value is -2.16. The molecule has 0 bridgehead atoms. The molecule has 1 aromatic heterocycles. The minimum Gasteiger partial charge on any atom is -0.490 e. The molecule has 1 aliphatic heterocycles. The van der Waals surface area contributed by atoms with Gasteiger partial charge < -0.3 is 9.47 Å². The van der Waals surface area contributed by atoms with Crippen LogP contribution in [0.1, 0.15) is 0 Å². The zero-order valence-corrected chi connectivity index (χ0v) is 14.7. The van der Waals surface area contributed by atoms with E-state index < -0.39 is 10.0 Å². The highest BCUT2D eigenvalue weighted by atomic mass is 32.2. The molecule has 8 heteroatoms. The van der Waals surface area contributed by atoms with E-state index in [9.17, 15) is 8.42 Å². The lowest BCUT2D eigenvalue weighted by atomic mass is 10.3. The molecule has 0 atom stereocenters. The first-order valence-corrected chi connectivity index (χ1v) is 9.61. The monoisotopic (exact) mass is 364 g/mol. The summed E-state index contributed by atoms with van der Waals surface area (Å²) in [6, 6.07) is 12.9. The van der Waals surface area contributed by atoms with Gasteiger partial charge in [0.25, 0.3) is 5.82 Å². The van der Waals surface area contributed by atoms with Crippen LogP contribution < -0.4 is 15.0 Å². The minimum atomic E-state index is -3.47. The van der Waals surface area contributed by atoms with Gasteiger partial charge >= 0.3 is 0 Å². The molecule has 25 heavy (non-hydrogen) atoms. The number of anilines is 1. The number of ether oxygens (including phenoxy) is 2. The Balaban J connectivity index is 1.51. The summed E-state index contributed by atoms with van der Waals surface area (Å²) in [5, 5.41) is 3.16. The van der Waals surface area contributed by atoms with Gasteiger partial charge in [0.2, 0.25) is 10.0 Å². The standard InChI is InChI=1S/C17H21N3O4S/c21-25(22,20-9-12-23-13-10-20)16-6-7-17(19-14-16)18-8-11-24-15-4-2-1-3-5-15/h1-7,14H,8-13H2,(H,18,19)/p+1. The van der Waals surface area contributed by atoms with Gasteiger partial charge in [0, 0.05) is 19.2 Å². The lowest BCUT2D eigenvalue weighted by Crippen LogP contribution is -2.40. The van der Waals surface area contributed by atoms with E-state index in [-0.39, 0.29) is 4.90 Å². The summed E-state index contributed by atoms with van der Waals surface area (Å²) in [4.78, 5) is 3.23. The Morgan fingerprint density at radius 1 is 1.12 bits per heavy atom. The van der Waals surface area contributed by atoms with Crippen molar-refractivity contribution in [3.05, 3.63) is 48.7 Å². The van der Waals surface area contributed by atoms with Crippen LogP contribution in [-0.2, 0) is 14.8 Å². The maximum Gasteiger partial charge on any atom is 0.272 e. The van der Waals surface area contributed by atoms with Gasteiger partial charge in [0.05, 0.1) is 13.2 Å². The van der Waals surface area contributed by atoms with Crippen molar-refractivity contribution in [2.24, 2.45) is 0 Å². The smallest absolute Gasteiger partial charge is 0.272 e. The van der Waals surface area contributed by atoms with Gasteiger partial charge in [-0.15, -0.1) is 0 Å². The number of benzene rings is 1. The molecule has 1 saturated heterocycles. The molecule has 2 heterocycles. The summed E-state index contributed by atoms with van der Waals surface area (Å²) in [5.41, 5.74) is 0. The molecule has 0 aliphatic carbocycles. The molecule has 2 aromatic rings. The molecule has 2 N–H and O–H groups in total. The first-order chi connectivity index (χ1) is 12.2. The Kier molecular flexibility index (Phi) is 5.85. The van der Waals surface area contributed by atoms with E-state index in [0.717, 1.165) is 11.6 Å². The third kappa shape index (κ3) is 4.68. The van der Waals surface area contributed by atoms with Crippen molar-refractivity contribution in [2.75, 3.05) is 44.8 Å². The second-order valence-corrected chi connectivity index (χ2v) is 7.48. The number of pyridine rings is 1. The molecule has 1 aliphatic rings. The molecule has 7 nitrogen and oxygen atoms in total. The van der Waals surface area contributed by atoms with Gasteiger partial charge in [-0.25, -0.2) is 13.4 Å². The summed E-state index contributed by atoms with van der Waals surface area (Å²) < 4.78 is 37.3. The number of hydrogen-bond donors (Lipinski definition) is 1. The van der Waals surface area contributed by atoms with Crippen molar-refractivity contribution >= 4 is 15.8 Å².